The van der Waals surface area contributed by atoms with Crippen molar-refractivity contribution in [3.05, 3.63) is 96.5 Å². The number of hydrogen-bond donors (Lipinski definition) is 0. The maximum absolute atomic E-state index is 12.5. The van der Waals surface area contributed by atoms with Crippen LogP contribution in [0, 0.1) is 0 Å². The largest absolute Gasteiger partial charge is 0.493 e. The molecule has 0 aliphatic carbocycles. The minimum atomic E-state index is -0.126. The second-order valence-electron chi connectivity index (χ2n) is 6.72. The average molecular weight is 411 g/mol. The molecule has 0 aliphatic rings. The Labute approximate surface area is 180 Å². The highest BCUT2D eigenvalue weighted by Crippen LogP contribution is 2.33. The van der Waals surface area contributed by atoms with E-state index in [1.54, 1.807) is 49.5 Å². The molecule has 0 atom stereocenters. The third kappa shape index (κ3) is 4.38. The summed E-state index contributed by atoms with van der Waals surface area (Å²) in [6, 6.07) is 18.9. The van der Waals surface area contributed by atoms with Crippen molar-refractivity contribution in [1.29, 1.82) is 0 Å². The SMILES string of the molecule is COc1ccc(-c2nn(-c3ccccc3)cc2/C=C/C(=O)c2cccnc2)cc1OC. The maximum atomic E-state index is 12.5. The number of ketones is 1. The van der Waals surface area contributed by atoms with Crippen LogP contribution in [0.5, 0.6) is 11.5 Å². The summed E-state index contributed by atoms with van der Waals surface area (Å²) in [5.41, 5.74) is 3.82. The highest BCUT2D eigenvalue weighted by atomic mass is 16.5. The molecule has 0 fully saturated rings. The molecule has 0 spiro atoms. The van der Waals surface area contributed by atoms with Crippen LogP contribution in [0.2, 0.25) is 0 Å². The molecule has 0 bridgehead atoms. The van der Waals surface area contributed by atoms with Gasteiger partial charge in [-0.15, -0.1) is 0 Å². The molecule has 2 aromatic heterocycles. The molecule has 6 heteroatoms. The molecule has 2 aromatic carbocycles. The van der Waals surface area contributed by atoms with E-state index in [-0.39, 0.29) is 5.78 Å². The van der Waals surface area contributed by atoms with Crippen molar-refractivity contribution < 1.29 is 14.3 Å². The van der Waals surface area contributed by atoms with E-state index < -0.39 is 0 Å². The normalized spacial score (nSPS) is 10.9. The lowest BCUT2D eigenvalue weighted by atomic mass is 10.1. The third-order valence-electron chi connectivity index (χ3n) is 4.78. The van der Waals surface area contributed by atoms with Crippen LogP contribution in [-0.4, -0.2) is 34.8 Å². The summed E-state index contributed by atoms with van der Waals surface area (Å²) in [7, 11) is 3.19. The predicted molar refractivity (Wildman–Crippen MR) is 120 cm³/mol. The molecule has 6 nitrogen and oxygen atoms in total. The first-order chi connectivity index (χ1) is 15.2. The summed E-state index contributed by atoms with van der Waals surface area (Å²) >= 11 is 0. The Morgan fingerprint density at radius 1 is 0.968 bits per heavy atom. The number of pyridine rings is 1. The second kappa shape index (κ2) is 9.09. The average Bonchev–Trinajstić information content (AvgIpc) is 3.27. The van der Waals surface area contributed by atoms with Gasteiger partial charge in [0.25, 0.3) is 0 Å². The van der Waals surface area contributed by atoms with E-state index >= 15 is 0 Å². The van der Waals surface area contributed by atoms with Crippen molar-refractivity contribution in [2.75, 3.05) is 14.2 Å². The lowest BCUT2D eigenvalue weighted by Crippen LogP contribution is -1.95. The maximum Gasteiger partial charge on any atom is 0.187 e. The van der Waals surface area contributed by atoms with Crippen LogP contribution in [0.4, 0.5) is 0 Å². The van der Waals surface area contributed by atoms with E-state index in [9.17, 15) is 4.79 Å². The summed E-state index contributed by atoms with van der Waals surface area (Å²) in [6.07, 6.45) is 8.39. The van der Waals surface area contributed by atoms with Gasteiger partial charge >= 0.3 is 0 Å². The summed E-state index contributed by atoms with van der Waals surface area (Å²) < 4.78 is 12.6. The van der Waals surface area contributed by atoms with E-state index in [1.807, 2.05) is 54.7 Å². The molecule has 0 saturated heterocycles. The van der Waals surface area contributed by atoms with Gasteiger partial charge in [0.15, 0.2) is 17.3 Å². The minimum absolute atomic E-state index is 0.126. The van der Waals surface area contributed by atoms with Gasteiger partial charge in [0.05, 0.1) is 19.9 Å². The van der Waals surface area contributed by atoms with Crippen molar-refractivity contribution in [3.63, 3.8) is 0 Å². The number of ether oxygens (including phenoxy) is 2. The van der Waals surface area contributed by atoms with E-state index in [4.69, 9.17) is 14.6 Å². The first-order valence-electron chi connectivity index (χ1n) is 9.69. The molecule has 0 unspecified atom stereocenters. The number of benzene rings is 2. The number of hydrogen-bond acceptors (Lipinski definition) is 5. The molecule has 4 rings (SSSR count). The highest BCUT2D eigenvalue weighted by Gasteiger charge is 2.14. The summed E-state index contributed by atoms with van der Waals surface area (Å²) in [4.78, 5) is 16.5. The van der Waals surface area contributed by atoms with Crippen molar-refractivity contribution in [1.82, 2.24) is 14.8 Å². The minimum Gasteiger partial charge on any atom is -0.493 e. The molecular weight excluding hydrogens is 390 g/mol. The van der Waals surface area contributed by atoms with Gasteiger partial charge in [-0.3, -0.25) is 9.78 Å². The fourth-order valence-corrected chi connectivity index (χ4v) is 3.20. The topological polar surface area (TPSA) is 66.2 Å². The number of allylic oxidation sites excluding steroid dienone is 1. The fraction of sp³-hybridized carbons (Fsp3) is 0.0800. The molecule has 0 saturated carbocycles. The summed E-state index contributed by atoms with van der Waals surface area (Å²) in [6.45, 7) is 0. The molecule has 2 heterocycles. The molecule has 0 amide bonds. The molecule has 4 aromatic rings. The molecule has 154 valence electrons. The van der Waals surface area contributed by atoms with Crippen molar-refractivity contribution in [2.24, 2.45) is 0 Å². The number of aromatic nitrogens is 3. The van der Waals surface area contributed by atoms with Gasteiger partial charge in [-0.05, 0) is 54.6 Å². The zero-order valence-electron chi connectivity index (χ0n) is 17.2. The Kier molecular flexibility index (Phi) is 5.89. The molecule has 0 aliphatic heterocycles. The van der Waals surface area contributed by atoms with Crippen LogP contribution < -0.4 is 9.47 Å². The van der Waals surface area contributed by atoms with Crippen LogP contribution >= 0.6 is 0 Å². The van der Waals surface area contributed by atoms with Gasteiger partial charge in [0, 0.05) is 35.3 Å². The van der Waals surface area contributed by atoms with Gasteiger partial charge < -0.3 is 9.47 Å². The smallest absolute Gasteiger partial charge is 0.187 e. The summed E-state index contributed by atoms with van der Waals surface area (Å²) in [5, 5.41) is 4.78. The standard InChI is InChI=1S/C25H21N3O3/c1-30-23-13-11-18(15-24(23)31-2)25-20(10-12-22(29)19-7-6-14-26-16-19)17-28(27-25)21-8-4-3-5-9-21/h3-17H,1-2H3/b12-10+. The summed E-state index contributed by atoms with van der Waals surface area (Å²) in [5.74, 6) is 1.12. The Morgan fingerprint density at radius 2 is 1.77 bits per heavy atom. The van der Waals surface area contributed by atoms with Crippen LogP contribution in [0.25, 0.3) is 23.0 Å². The second-order valence-corrected chi connectivity index (χ2v) is 6.72. The van der Waals surface area contributed by atoms with E-state index in [2.05, 4.69) is 4.98 Å². The number of nitrogens with zero attached hydrogens (tertiary/aromatic N) is 3. The number of carbonyl (C=O) groups excluding carboxylic acids is 1. The van der Waals surface area contributed by atoms with Gasteiger partial charge in [0.1, 0.15) is 5.69 Å². The van der Waals surface area contributed by atoms with Crippen molar-refractivity contribution in [2.45, 2.75) is 0 Å². The number of rotatable bonds is 7. The first-order valence-corrected chi connectivity index (χ1v) is 9.69. The Morgan fingerprint density at radius 3 is 2.48 bits per heavy atom. The van der Waals surface area contributed by atoms with Gasteiger partial charge in [-0.1, -0.05) is 18.2 Å². The van der Waals surface area contributed by atoms with E-state index in [1.165, 1.54) is 6.08 Å². The van der Waals surface area contributed by atoms with E-state index in [0.29, 0.717) is 17.1 Å². The zero-order chi connectivity index (χ0) is 21.6. The molecule has 31 heavy (non-hydrogen) atoms. The Hall–Kier alpha value is -4.19. The number of para-hydroxylation sites is 1. The number of carbonyl (C=O) groups is 1. The lowest BCUT2D eigenvalue weighted by molar-refractivity contribution is 0.104. The van der Waals surface area contributed by atoms with Crippen LogP contribution in [0.15, 0.2) is 85.3 Å². The van der Waals surface area contributed by atoms with Crippen molar-refractivity contribution >= 4 is 11.9 Å². The van der Waals surface area contributed by atoms with Crippen LogP contribution in [-0.2, 0) is 0 Å². The predicted octanol–water partition coefficient (Wildman–Crippen LogP) is 4.85. The molecule has 0 N–H and O–H groups in total. The van der Waals surface area contributed by atoms with Crippen LogP contribution in [0.1, 0.15) is 15.9 Å². The molecular formula is C25H21N3O3. The number of methoxy groups -OCH3 is 2. The fourth-order valence-electron chi connectivity index (χ4n) is 3.20. The first kappa shape index (κ1) is 20.1. The van der Waals surface area contributed by atoms with Gasteiger partial charge in [-0.2, -0.15) is 5.10 Å². The lowest BCUT2D eigenvalue weighted by Gasteiger charge is -2.09. The van der Waals surface area contributed by atoms with Crippen molar-refractivity contribution in [3.8, 4) is 28.4 Å². The third-order valence-corrected chi connectivity index (χ3v) is 4.78. The molecule has 0 radical (unpaired) electrons. The highest BCUT2D eigenvalue weighted by molar-refractivity contribution is 6.06. The monoisotopic (exact) mass is 411 g/mol. The Balaban J connectivity index is 1.77. The quantitative estimate of drug-likeness (QED) is 0.321. The van der Waals surface area contributed by atoms with E-state index in [0.717, 1.165) is 22.5 Å². The zero-order valence-corrected chi connectivity index (χ0v) is 17.2. The van der Waals surface area contributed by atoms with Gasteiger partial charge in [-0.25, -0.2) is 4.68 Å². The van der Waals surface area contributed by atoms with Gasteiger partial charge in [0.2, 0.25) is 0 Å². The van der Waals surface area contributed by atoms with Crippen LogP contribution in [0.3, 0.4) is 0 Å². The Bertz CT molecular complexity index is 1220.